The van der Waals surface area contributed by atoms with Gasteiger partial charge in [-0.3, -0.25) is 0 Å². The fourth-order valence-electron chi connectivity index (χ4n) is 3.22. The highest BCUT2D eigenvalue weighted by Gasteiger charge is 2.27. The summed E-state index contributed by atoms with van der Waals surface area (Å²) in [5.41, 5.74) is 3.44. The van der Waals surface area contributed by atoms with Crippen molar-refractivity contribution in [3.8, 4) is 22.1 Å². The first-order valence-corrected chi connectivity index (χ1v) is 11.5. The molecule has 0 aliphatic carbocycles. The molecule has 1 unspecified atom stereocenters. The second kappa shape index (κ2) is 8.12. The van der Waals surface area contributed by atoms with Gasteiger partial charge in [-0.05, 0) is 19.1 Å². The maximum Gasteiger partial charge on any atom is 0.192 e. The second-order valence-electron chi connectivity index (χ2n) is 7.06. The molecule has 2 aromatic heterocycles. The molecule has 1 atom stereocenters. The van der Waals surface area contributed by atoms with Crippen LogP contribution in [0.5, 0.6) is 11.5 Å². The molecular formula is C22H20N4O2S2. The van der Waals surface area contributed by atoms with Crippen molar-refractivity contribution in [1.82, 2.24) is 19.7 Å². The topological polar surface area (TPSA) is 62.1 Å². The highest BCUT2D eigenvalue weighted by molar-refractivity contribution is 7.98. The number of hydrogen-bond acceptors (Lipinski definition) is 7. The normalized spacial score (nSPS) is 15.3. The summed E-state index contributed by atoms with van der Waals surface area (Å²) in [6.45, 7) is 2.51. The largest absolute Gasteiger partial charge is 0.485 e. The van der Waals surface area contributed by atoms with Gasteiger partial charge in [0.25, 0.3) is 0 Å². The van der Waals surface area contributed by atoms with E-state index in [1.165, 1.54) is 5.56 Å². The van der Waals surface area contributed by atoms with Crippen LogP contribution in [0, 0.1) is 6.92 Å². The van der Waals surface area contributed by atoms with Crippen LogP contribution in [0.2, 0.25) is 0 Å². The maximum atomic E-state index is 6.07. The minimum atomic E-state index is -0.279. The van der Waals surface area contributed by atoms with Crippen LogP contribution in [-0.4, -0.2) is 26.4 Å². The second-order valence-corrected chi connectivity index (χ2v) is 8.86. The van der Waals surface area contributed by atoms with Gasteiger partial charge in [-0.1, -0.05) is 53.7 Å². The Morgan fingerprint density at radius 1 is 1.10 bits per heavy atom. The predicted octanol–water partition coefficient (Wildman–Crippen LogP) is 5.05. The van der Waals surface area contributed by atoms with Crippen molar-refractivity contribution in [3.63, 3.8) is 0 Å². The average Bonchev–Trinajstić information content (AvgIpc) is 3.39. The Labute approximate surface area is 182 Å². The number of ether oxygens (including phenoxy) is 2. The quantitative estimate of drug-likeness (QED) is 0.408. The molecule has 152 valence electrons. The lowest BCUT2D eigenvalue weighted by Crippen LogP contribution is -2.24. The number of hydrogen-bond donors (Lipinski definition) is 0. The molecule has 0 spiro atoms. The van der Waals surface area contributed by atoms with Gasteiger partial charge in [-0.15, -0.1) is 21.5 Å². The summed E-state index contributed by atoms with van der Waals surface area (Å²) in [5, 5.41) is 12.7. The highest BCUT2D eigenvalue weighted by atomic mass is 32.2. The maximum absolute atomic E-state index is 6.07. The molecule has 1 aliphatic rings. The molecule has 0 saturated heterocycles. The van der Waals surface area contributed by atoms with Crippen LogP contribution in [-0.2, 0) is 12.8 Å². The van der Waals surface area contributed by atoms with E-state index < -0.39 is 0 Å². The Kier molecular flexibility index (Phi) is 5.18. The third kappa shape index (κ3) is 3.80. The molecule has 5 rings (SSSR count). The van der Waals surface area contributed by atoms with Gasteiger partial charge in [-0.25, -0.2) is 4.98 Å². The molecule has 0 N–H and O–H groups in total. The number of thiazole rings is 1. The van der Waals surface area contributed by atoms with Crippen molar-refractivity contribution in [3.05, 3.63) is 71.0 Å². The van der Waals surface area contributed by atoms with Gasteiger partial charge >= 0.3 is 0 Å². The molecule has 0 radical (unpaired) electrons. The van der Waals surface area contributed by atoms with Crippen LogP contribution in [0.4, 0.5) is 0 Å². The van der Waals surface area contributed by atoms with Crippen molar-refractivity contribution < 1.29 is 9.47 Å². The zero-order chi connectivity index (χ0) is 20.5. The fourth-order valence-corrected chi connectivity index (χ4v) is 4.96. The molecular weight excluding hydrogens is 416 g/mol. The third-order valence-electron chi connectivity index (χ3n) is 4.86. The van der Waals surface area contributed by atoms with Gasteiger partial charge in [0.05, 0.1) is 5.69 Å². The SMILES string of the molecule is Cc1ccc(-c2nc(CSc3nnc(C4COc5ccccc5O4)n3C)cs2)cc1. The Hall–Kier alpha value is -2.84. The molecule has 0 amide bonds. The van der Waals surface area contributed by atoms with Crippen LogP contribution in [0.15, 0.2) is 59.1 Å². The summed E-state index contributed by atoms with van der Waals surface area (Å²) in [5.74, 6) is 2.99. The molecule has 6 nitrogen and oxygen atoms in total. The zero-order valence-electron chi connectivity index (χ0n) is 16.6. The molecule has 3 heterocycles. The van der Waals surface area contributed by atoms with Crippen LogP contribution in [0.3, 0.4) is 0 Å². The van der Waals surface area contributed by atoms with E-state index in [2.05, 4.69) is 46.8 Å². The standard InChI is InChI=1S/C22H20N4O2S2/c1-14-7-9-15(10-8-14)21-23-16(12-29-21)13-30-22-25-24-20(26(22)2)19-11-27-17-5-3-4-6-18(17)28-19/h3-10,12,19H,11,13H2,1-2H3. The summed E-state index contributed by atoms with van der Waals surface area (Å²) in [7, 11) is 1.96. The molecule has 0 fully saturated rings. The number of thioether (sulfide) groups is 1. The number of nitrogens with zero attached hydrogens (tertiary/aromatic N) is 4. The van der Waals surface area contributed by atoms with E-state index >= 15 is 0 Å². The van der Waals surface area contributed by atoms with E-state index in [1.807, 2.05) is 35.9 Å². The van der Waals surface area contributed by atoms with Crippen molar-refractivity contribution in [2.24, 2.45) is 7.05 Å². The van der Waals surface area contributed by atoms with Gasteiger partial charge in [0, 0.05) is 23.7 Å². The van der Waals surface area contributed by atoms with Crippen LogP contribution < -0.4 is 9.47 Å². The monoisotopic (exact) mass is 436 g/mol. The number of aryl methyl sites for hydroxylation is 1. The predicted molar refractivity (Wildman–Crippen MR) is 118 cm³/mol. The number of rotatable bonds is 5. The Balaban J connectivity index is 1.26. The summed E-state index contributed by atoms with van der Waals surface area (Å²) in [6, 6.07) is 16.1. The van der Waals surface area contributed by atoms with Crippen LogP contribution in [0.25, 0.3) is 10.6 Å². The molecule has 0 bridgehead atoms. The zero-order valence-corrected chi connectivity index (χ0v) is 18.2. The summed E-state index contributed by atoms with van der Waals surface area (Å²) in [6.07, 6.45) is -0.279. The summed E-state index contributed by atoms with van der Waals surface area (Å²) < 4.78 is 13.9. The van der Waals surface area contributed by atoms with Gasteiger partial charge in [-0.2, -0.15) is 0 Å². The van der Waals surface area contributed by atoms with Gasteiger partial charge in [0.15, 0.2) is 28.6 Å². The average molecular weight is 437 g/mol. The van der Waals surface area contributed by atoms with E-state index in [-0.39, 0.29) is 6.10 Å². The van der Waals surface area contributed by atoms with Gasteiger partial charge in [0.2, 0.25) is 0 Å². The van der Waals surface area contributed by atoms with Crippen LogP contribution in [0.1, 0.15) is 23.2 Å². The van der Waals surface area contributed by atoms with Crippen molar-refractivity contribution in [2.45, 2.75) is 23.9 Å². The number of para-hydroxylation sites is 2. The first-order chi connectivity index (χ1) is 14.7. The van der Waals surface area contributed by atoms with Crippen LogP contribution >= 0.6 is 23.1 Å². The fraction of sp³-hybridized carbons (Fsp3) is 0.227. The third-order valence-corrected chi connectivity index (χ3v) is 6.86. The molecule has 4 aromatic rings. The molecule has 30 heavy (non-hydrogen) atoms. The molecule has 0 saturated carbocycles. The molecule has 2 aromatic carbocycles. The Morgan fingerprint density at radius 2 is 1.90 bits per heavy atom. The molecule has 8 heteroatoms. The first kappa shape index (κ1) is 19.1. The van der Waals surface area contributed by atoms with Gasteiger partial charge < -0.3 is 14.0 Å². The number of benzene rings is 2. The minimum Gasteiger partial charge on any atom is -0.485 e. The smallest absolute Gasteiger partial charge is 0.192 e. The van der Waals surface area contributed by atoms with E-state index in [4.69, 9.17) is 14.5 Å². The van der Waals surface area contributed by atoms with Crippen molar-refractivity contribution >= 4 is 23.1 Å². The number of aromatic nitrogens is 4. The molecule has 1 aliphatic heterocycles. The Morgan fingerprint density at radius 3 is 2.73 bits per heavy atom. The van der Waals surface area contributed by atoms with E-state index in [0.717, 1.165) is 44.5 Å². The highest BCUT2D eigenvalue weighted by Crippen LogP contribution is 2.36. The van der Waals surface area contributed by atoms with E-state index in [1.54, 1.807) is 23.1 Å². The van der Waals surface area contributed by atoms with Crippen molar-refractivity contribution in [2.75, 3.05) is 6.61 Å². The Bertz CT molecular complexity index is 1170. The first-order valence-electron chi connectivity index (χ1n) is 9.59. The lowest BCUT2D eigenvalue weighted by Gasteiger charge is -2.25. The minimum absolute atomic E-state index is 0.279. The summed E-state index contributed by atoms with van der Waals surface area (Å²) >= 11 is 3.28. The number of fused-ring (bicyclic) bond motifs is 1. The summed E-state index contributed by atoms with van der Waals surface area (Å²) in [4.78, 5) is 4.77. The lowest BCUT2D eigenvalue weighted by molar-refractivity contribution is 0.0825. The van der Waals surface area contributed by atoms with Crippen molar-refractivity contribution in [1.29, 1.82) is 0 Å². The van der Waals surface area contributed by atoms with E-state index in [0.29, 0.717) is 6.61 Å². The van der Waals surface area contributed by atoms with Gasteiger partial charge in [0.1, 0.15) is 11.6 Å². The van der Waals surface area contributed by atoms with E-state index in [9.17, 15) is 0 Å². The lowest BCUT2D eigenvalue weighted by atomic mass is 10.2.